The van der Waals surface area contributed by atoms with Gasteiger partial charge >= 0.3 is 6.09 Å². The molecule has 2 aliphatic rings. The average molecular weight is 425 g/mol. The lowest BCUT2D eigenvalue weighted by Crippen LogP contribution is -2.43. The van der Waals surface area contributed by atoms with Crippen LogP contribution in [0, 0.1) is 5.92 Å². The van der Waals surface area contributed by atoms with E-state index >= 15 is 0 Å². The van der Waals surface area contributed by atoms with Crippen molar-refractivity contribution in [3.63, 3.8) is 0 Å². The number of hydrogen-bond acceptors (Lipinski definition) is 4. The summed E-state index contributed by atoms with van der Waals surface area (Å²) in [7, 11) is 0. The van der Waals surface area contributed by atoms with Crippen molar-refractivity contribution in [3.05, 3.63) is 28.8 Å². The molecule has 0 aromatic heterocycles. The molecule has 2 amide bonds. The largest absolute Gasteiger partial charge is 0.492 e. The second-order valence-corrected chi connectivity index (χ2v) is 8.69. The number of rotatable bonds is 7. The van der Waals surface area contributed by atoms with Crippen LogP contribution in [0.5, 0.6) is 5.75 Å². The molecule has 1 saturated heterocycles. The maximum Gasteiger partial charge on any atom is 0.404 e. The standard InChI is InChI=1S/C21H29ClN2O5/c1-21(28)7-4-16(5-8-21)24-10-6-15(19(24)25)12-14-2-3-17(13-18(14)22)29-11-9-23-20(26)27/h2-3,13,15-16,23,28H,4-12H2,1H3,(H,26,27). The Morgan fingerprint density at radius 1 is 1.34 bits per heavy atom. The molecule has 1 heterocycles. The zero-order chi connectivity index (χ0) is 21.0. The van der Waals surface area contributed by atoms with Gasteiger partial charge in [-0.3, -0.25) is 4.79 Å². The van der Waals surface area contributed by atoms with Gasteiger partial charge in [-0.1, -0.05) is 17.7 Å². The summed E-state index contributed by atoms with van der Waals surface area (Å²) in [6.07, 6.45) is 3.52. The molecule has 29 heavy (non-hydrogen) atoms. The summed E-state index contributed by atoms with van der Waals surface area (Å²) in [5, 5.41) is 21.5. The van der Waals surface area contributed by atoms with Gasteiger partial charge in [0, 0.05) is 23.5 Å². The van der Waals surface area contributed by atoms with Crippen molar-refractivity contribution in [2.45, 2.75) is 57.1 Å². The van der Waals surface area contributed by atoms with Gasteiger partial charge in [0.2, 0.25) is 5.91 Å². The first-order chi connectivity index (χ1) is 13.7. The Balaban J connectivity index is 1.52. The Kier molecular flexibility index (Phi) is 6.90. The minimum Gasteiger partial charge on any atom is -0.492 e. The summed E-state index contributed by atoms with van der Waals surface area (Å²) in [6.45, 7) is 3.05. The molecule has 3 N–H and O–H groups in total. The molecule has 1 aliphatic heterocycles. The number of aliphatic hydroxyl groups is 1. The Bertz CT molecular complexity index is 745. The summed E-state index contributed by atoms with van der Waals surface area (Å²) in [5.74, 6) is 0.689. The number of benzene rings is 1. The average Bonchev–Trinajstić information content (AvgIpc) is 3.01. The van der Waals surface area contributed by atoms with Gasteiger partial charge in [0.25, 0.3) is 0 Å². The summed E-state index contributed by atoms with van der Waals surface area (Å²) < 4.78 is 5.49. The van der Waals surface area contributed by atoms with Crippen LogP contribution in [-0.2, 0) is 11.2 Å². The lowest BCUT2D eigenvalue weighted by Gasteiger charge is -2.37. The van der Waals surface area contributed by atoms with Crippen molar-refractivity contribution in [3.8, 4) is 5.75 Å². The zero-order valence-electron chi connectivity index (χ0n) is 16.7. The molecule has 0 radical (unpaired) electrons. The highest BCUT2D eigenvalue weighted by atomic mass is 35.5. The van der Waals surface area contributed by atoms with E-state index in [-0.39, 0.29) is 31.0 Å². The molecule has 8 heteroatoms. The van der Waals surface area contributed by atoms with E-state index in [0.29, 0.717) is 17.2 Å². The quantitative estimate of drug-likeness (QED) is 0.584. The van der Waals surface area contributed by atoms with E-state index in [9.17, 15) is 14.7 Å². The number of carbonyl (C=O) groups excluding carboxylic acids is 1. The summed E-state index contributed by atoms with van der Waals surface area (Å²) in [4.78, 5) is 25.3. The Labute approximate surface area is 176 Å². The first-order valence-electron chi connectivity index (χ1n) is 10.2. The number of carbonyl (C=O) groups is 2. The van der Waals surface area contributed by atoms with E-state index in [1.165, 1.54) is 0 Å². The van der Waals surface area contributed by atoms with Crippen LogP contribution >= 0.6 is 11.6 Å². The van der Waals surface area contributed by atoms with Crippen molar-refractivity contribution >= 4 is 23.6 Å². The monoisotopic (exact) mass is 424 g/mol. The molecule has 2 fully saturated rings. The summed E-state index contributed by atoms with van der Waals surface area (Å²) >= 11 is 6.39. The number of likely N-dealkylation sites (tertiary alicyclic amines) is 1. The van der Waals surface area contributed by atoms with Crippen LogP contribution in [0.15, 0.2) is 18.2 Å². The molecule has 1 aromatic rings. The van der Waals surface area contributed by atoms with E-state index in [4.69, 9.17) is 21.4 Å². The molecule has 7 nitrogen and oxygen atoms in total. The second-order valence-electron chi connectivity index (χ2n) is 8.28. The fourth-order valence-electron chi connectivity index (χ4n) is 4.23. The van der Waals surface area contributed by atoms with Crippen LogP contribution in [0.2, 0.25) is 5.02 Å². The lowest BCUT2D eigenvalue weighted by atomic mass is 9.83. The third-order valence-electron chi connectivity index (χ3n) is 5.96. The maximum absolute atomic E-state index is 12.9. The van der Waals surface area contributed by atoms with Gasteiger partial charge in [0.05, 0.1) is 12.1 Å². The molecule has 1 aromatic carbocycles. The molecule has 3 rings (SSSR count). The highest BCUT2D eigenvalue weighted by molar-refractivity contribution is 6.31. The van der Waals surface area contributed by atoms with Crippen molar-refractivity contribution in [2.75, 3.05) is 19.7 Å². The van der Waals surface area contributed by atoms with Gasteiger partial charge in [0.15, 0.2) is 0 Å². The molecule has 1 atom stereocenters. The normalized spacial score (nSPS) is 27.1. The van der Waals surface area contributed by atoms with Crippen molar-refractivity contribution in [1.82, 2.24) is 10.2 Å². The predicted molar refractivity (Wildman–Crippen MR) is 109 cm³/mol. The molecule has 1 unspecified atom stereocenters. The van der Waals surface area contributed by atoms with Crippen LogP contribution in [0.1, 0.15) is 44.6 Å². The Hall–Kier alpha value is -1.99. The van der Waals surface area contributed by atoms with Crippen molar-refractivity contribution < 1.29 is 24.5 Å². The summed E-state index contributed by atoms with van der Waals surface area (Å²) in [5.41, 5.74) is 0.314. The minimum absolute atomic E-state index is 0.0681. The number of hydrogen-bond donors (Lipinski definition) is 3. The molecular formula is C21H29ClN2O5. The first kappa shape index (κ1) is 21.7. The van der Waals surface area contributed by atoms with Gasteiger partial charge in [-0.25, -0.2) is 4.79 Å². The lowest BCUT2D eigenvalue weighted by molar-refractivity contribution is -0.134. The molecule has 1 saturated carbocycles. The van der Waals surface area contributed by atoms with Gasteiger partial charge < -0.3 is 25.2 Å². The Morgan fingerprint density at radius 3 is 2.72 bits per heavy atom. The smallest absolute Gasteiger partial charge is 0.404 e. The number of carboxylic acid groups (broad SMARTS) is 1. The Morgan fingerprint density at radius 2 is 2.07 bits per heavy atom. The van der Waals surface area contributed by atoms with Crippen LogP contribution < -0.4 is 10.1 Å². The number of ether oxygens (including phenoxy) is 1. The third-order valence-corrected chi connectivity index (χ3v) is 6.31. The number of halogens is 1. The fourth-order valence-corrected chi connectivity index (χ4v) is 4.47. The SMILES string of the molecule is CC1(O)CCC(N2CCC(Cc3ccc(OCCNC(=O)O)cc3Cl)C2=O)CC1. The topological polar surface area (TPSA) is 99.1 Å². The first-order valence-corrected chi connectivity index (χ1v) is 10.5. The number of nitrogens with one attached hydrogen (secondary N) is 1. The van der Waals surface area contributed by atoms with E-state index in [1.54, 1.807) is 12.1 Å². The molecule has 0 spiro atoms. The van der Waals surface area contributed by atoms with Crippen LogP contribution in [0.25, 0.3) is 0 Å². The van der Waals surface area contributed by atoms with E-state index in [0.717, 1.165) is 44.2 Å². The molecule has 0 bridgehead atoms. The minimum atomic E-state index is -1.09. The van der Waals surface area contributed by atoms with Crippen LogP contribution in [0.3, 0.4) is 0 Å². The highest BCUT2D eigenvalue weighted by Gasteiger charge is 2.39. The van der Waals surface area contributed by atoms with Crippen molar-refractivity contribution in [2.24, 2.45) is 5.92 Å². The third kappa shape index (κ3) is 5.76. The van der Waals surface area contributed by atoms with Gasteiger partial charge in [-0.15, -0.1) is 0 Å². The van der Waals surface area contributed by atoms with E-state index in [2.05, 4.69) is 5.32 Å². The molecule has 1 aliphatic carbocycles. The molecular weight excluding hydrogens is 396 g/mol. The number of amides is 2. The van der Waals surface area contributed by atoms with Gasteiger partial charge in [-0.2, -0.15) is 0 Å². The van der Waals surface area contributed by atoms with Crippen molar-refractivity contribution in [1.29, 1.82) is 0 Å². The van der Waals surface area contributed by atoms with Gasteiger partial charge in [-0.05, 0) is 63.1 Å². The fraction of sp³-hybridized carbons (Fsp3) is 0.619. The zero-order valence-corrected chi connectivity index (χ0v) is 17.5. The van der Waals surface area contributed by atoms with Crippen LogP contribution in [-0.4, -0.2) is 58.5 Å². The number of nitrogens with zero attached hydrogens (tertiary/aromatic N) is 1. The predicted octanol–water partition coefficient (Wildman–Crippen LogP) is 3.07. The van der Waals surface area contributed by atoms with E-state index < -0.39 is 11.7 Å². The summed E-state index contributed by atoms with van der Waals surface area (Å²) in [6, 6.07) is 5.61. The maximum atomic E-state index is 12.9. The highest BCUT2D eigenvalue weighted by Crippen LogP contribution is 2.35. The molecule has 160 valence electrons. The second kappa shape index (κ2) is 9.22. The van der Waals surface area contributed by atoms with Crippen LogP contribution in [0.4, 0.5) is 4.79 Å². The van der Waals surface area contributed by atoms with E-state index in [1.807, 2.05) is 17.9 Å². The van der Waals surface area contributed by atoms with Gasteiger partial charge in [0.1, 0.15) is 12.4 Å².